The fourth-order valence-electron chi connectivity index (χ4n) is 1.34. The van der Waals surface area contributed by atoms with Crippen LogP contribution in [0.15, 0.2) is 0 Å². The lowest BCUT2D eigenvalue weighted by molar-refractivity contribution is -0.163. The first-order valence-electron chi connectivity index (χ1n) is 4.63. The van der Waals surface area contributed by atoms with Crippen LogP contribution in [0, 0.1) is 0 Å². The zero-order valence-electron chi connectivity index (χ0n) is 8.62. The van der Waals surface area contributed by atoms with Crippen LogP contribution in [0.4, 0.5) is 0 Å². The van der Waals surface area contributed by atoms with Gasteiger partial charge in [0.15, 0.2) is 5.79 Å². The summed E-state index contributed by atoms with van der Waals surface area (Å²) in [6.07, 6.45) is 0.684. The van der Waals surface area contributed by atoms with E-state index in [0.29, 0.717) is 6.61 Å². The molecule has 0 aromatic rings. The lowest BCUT2D eigenvalue weighted by Crippen LogP contribution is -2.31. The lowest BCUT2D eigenvalue weighted by atomic mass is 10.2. The number of hydrogen-bond donors (Lipinski definition) is 1. The first-order chi connectivity index (χ1) is 6.06. The van der Waals surface area contributed by atoms with Gasteiger partial charge in [-0.25, -0.2) is 0 Å². The van der Waals surface area contributed by atoms with Crippen LogP contribution in [0.1, 0.15) is 13.3 Å². The van der Waals surface area contributed by atoms with Crippen molar-refractivity contribution in [3.63, 3.8) is 0 Å². The third kappa shape index (κ3) is 3.23. The van der Waals surface area contributed by atoms with E-state index >= 15 is 0 Å². The maximum Gasteiger partial charge on any atom is 0.167 e. The van der Waals surface area contributed by atoms with Crippen LogP contribution in [0.3, 0.4) is 0 Å². The summed E-state index contributed by atoms with van der Waals surface area (Å²) in [5.41, 5.74) is 0. The molecule has 4 heteroatoms. The Hall–Kier alpha value is -0.160. The molecule has 1 fully saturated rings. The van der Waals surface area contributed by atoms with Crippen molar-refractivity contribution in [1.29, 1.82) is 0 Å². The summed E-state index contributed by atoms with van der Waals surface area (Å²) in [4.78, 5) is 2.09. The molecule has 4 nitrogen and oxygen atoms in total. The number of hydrogen-bond acceptors (Lipinski definition) is 4. The van der Waals surface area contributed by atoms with Crippen molar-refractivity contribution in [3.8, 4) is 0 Å². The summed E-state index contributed by atoms with van der Waals surface area (Å²) < 4.78 is 11.0. The van der Waals surface area contributed by atoms with Gasteiger partial charge in [0.05, 0.1) is 13.2 Å². The standard InChI is InChI=1S/C9H19NO3/c1-9(4-5-10(2)3)12-7-8(6-11)13-9/h8,11H,4-7H2,1-3H3. The molecule has 13 heavy (non-hydrogen) atoms. The number of ether oxygens (including phenoxy) is 2. The molecule has 0 saturated carbocycles. The summed E-state index contributed by atoms with van der Waals surface area (Å²) in [6.45, 7) is 3.39. The van der Waals surface area contributed by atoms with Gasteiger partial charge in [-0.05, 0) is 21.0 Å². The van der Waals surface area contributed by atoms with E-state index in [0.717, 1.165) is 13.0 Å². The molecule has 0 aliphatic carbocycles. The summed E-state index contributed by atoms with van der Waals surface area (Å²) in [7, 11) is 4.03. The van der Waals surface area contributed by atoms with Crippen LogP contribution in [0.5, 0.6) is 0 Å². The van der Waals surface area contributed by atoms with Crippen LogP contribution in [-0.4, -0.2) is 55.8 Å². The van der Waals surface area contributed by atoms with Crippen molar-refractivity contribution in [1.82, 2.24) is 4.90 Å². The van der Waals surface area contributed by atoms with Crippen LogP contribution in [0.2, 0.25) is 0 Å². The van der Waals surface area contributed by atoms with Crippen LogP contribution in [-0.2, 0) is 9.47 Å². The van der Waals surface area contributed by atoms with Crippen LogP contribution in [0.25, 0.3) is 0 Å². The van der Waals surface area contributed by atoms with Gasteiger partial charge in [-0.1, -0.05) is 0 Å². The normalized spacial score (nSPS) is 34.4. The van der Waals surface area contributed by atoms with E-state index in [2.05, 4.69) is 4.90 Å². The van der Waals surface area contributed by atoms with E-state index in [1.54, 1.807) is 0 Å². The highest BCUT2D eigenvalue weighted by Crippen LogP contribution is 2.26. The second-order valence-corrected chi connectivity index (χ2v) is 3.92. The first kappa shape index (κ1) is 10.9. The van der Waals surface area contributed by atoms with Gasteiger partial charge >= 0.3 is 0 Å². The van der Waals surface area contributed by atoms with E-state index in [4.69, 9.17) is 14.6 Å². The molecular weight excluding hydrogens is 170 g/mol. The summed E-state index contributed by atoms with van der Waals surface area (Å²) in [5, 5.41) is 8.86. The van der Waals surface area contributed by atoms with Crippen LogP contribution < -0.4 is 0 Å². The average molecular weight is 189 g/mol. The molecule has 2 unspecified atom stereocenters. The molecule has 1 N–H and O–H groups in total. The average Bonchev–Trinajstić information content (AvgIpc) is 2.45. The molecule has 1 aliphatic rings. The minimum absolute atomic E-state index is 0.0392. The molecule has 1 aliphatic heterocycles. The minimum atomic E-state index is -0.502. The molecule has 1 rings (SSSR count). The number of rotatable bonds is 4. The summed E-state index contributed by atoms with van der Waals surface area (Å²) in [6, 6.07) is 0. The highest BCUT2D eigenvalue weighted by molar-refractivity contribution is 4.75. The Labute approximate surface area is 79.4 Å². The topological polar surface area (TPSA) is 41.9 Å². The third-order valence-corrected chi connectivity index (χ3v) is 2.21. The van der Waals surface area contributed by atoms with Crippen molar-refractivity contribution in [2.24, 2.45) is 0 Å². The molecule has 0 radical (unpaired) electrons. The zero-order chi connectivity index (χ0) is 9.90. The van der Waals surface area contributed by atoms with Gasteiger partial charge in [0, 0.05) is 13.0 Å². The second-order valence-electron chi connectivity index (χ2n) is 3.92. The van der Waals surface area contributed by atoms with Crippen molar-refractivity contribution in [2.75, 3.05) is 33.9 Å². The predicted molar refractivity (Wildman–Crippen MR) is 49.5 cm³/mol. The monoisotopic (exact) mass is 189 g/mol. The number of aliphatic hydroxyl groups is 1. The quantitative estimate of drug-likeness (QED) is 0.679. The third-order valence-electron chi connectivity index (χ3n) is 2.21. The van der Waals surface area contributed by atoms with Gasteiger partial charge in [0.25, 0.3) is 0 Å². The van der Waals surface area contributed by atoms with Crippen molar-refractivity contribution in [3.05, 3.63) is 0 Å². The van der Waals surface area contributed by atoms with Gasteiger partial charge in [-0.2, -0.15) is 0 Å². The molecule has 2 atom stereocenters. The molecule has 0 spiro atoms. The van der Waals surface area contributed by atoms with Gasteiger partial charge in [0.1, 0.15) is 6.10 Å². The molecule has 0 aromatic carbocycles. The van der Waals surface area contributed by atoms with Gasteiger partial charge in [-0.3, -0.25) is 0 Å². The first-order valence-corrected chi connectivity index (χ1v) is 4.63. The fourth-order valence-corrected chi connectivity index (χ4v) is 1.34. The SMILES string of the molecule is CN(C)CCC1(C)OCC(CO)O1. The summed E-state index contributed by atoms with van der Waals surface area (Å²) in [5.74, 6) is -0.502. The Kier molecular flexibility index (Phi) is 3.67. The molecule has 78 valence electrons. The van der Waals surface area contributed by atoms with Gasteiger partial charge < -0.3 is 19.5 Å². The Bertz CT molecular complexity index is 163. The van der Waals surface area contributed by atoms with Crippen LogP contribution >= 0.6 is 0 Å². The zero-order valence-corrected chi connectivity index (χ0v) is 8.62. The molecular formula is C9H19NO3. The van der Waals surface area contributed by atoms with Crippen molar-refractivity contribution >= 4 is 0 Å². The predicted octanol–water partition coefficient (Wildman–Crippen LogP) is 0.0620. The Morgan fingerprint density at radius 2 is 2.23 bits per heavy atom. The molecule has 1 heterocycles. The number of aliphatic hydroxyl groups excluding tert-OH is 1. The van der Waals surface area contributed by atoms with Crippen molar-refractivity contribution in [2.45, 2.75) is 25.2 Å². The van der Waals surface area contributed by atoms with Gasteiger partial charge in [-0.15, -0.1) is 0 Å². The Balaban J connectivity index is 2.31. The van der Waals surface area contributed by atoms with E-state index in [1.165, 1.54) is 0 Å². The highest BCUT2D eigenvalue weighted by Gasteiger charge is 2.36. The fraction of sp³-hybridized carbons (Fsp3) is 1.00. The van der Waals surface area contributed by atoms with Crippen molar-refractivity contribution < 1.29 is 14.6 Å². The molecule has 1 saturated heterocycles. The Morgan fingerprint density at radius 3 is 2.69 bits per heavy atom. The second kappa shape index (κ2) is 4.37. The summed E-state index contributed by atoms with van der Waals surface area (Å²) >= 11 is 0. The number of nitrogens with zero attached hydrogens (tertiary/aromatic N) is 1. The smallest absolute Gasteiger partial charge is 0.167 e. The molecule has 0 aromatic heterocycles. The minimum Gasteiger partial charge on any atom is -0.394 e. The Morgan fingerprint density at radius 1 is 1.54 bits per heavy atom. The van der Waals surface area contributed by atoms with E-state index in [-0.39, 0.29) is 12.7 Å². The van der Waals surface area contributed by atoms with Gasteiger partial charge in [0.2, 0.25) is 0 Å². The lowest BCUT2D eigenvalue weighted by Gasteiger charge is -2.24. The molecule has 0 bridgehead atoms. The highest BCUT2D eigenvalue weighted by atomic mass is 16.7. The maximum atomic E-state index is 8.86. The van der Waals surface area contributed by atoms with E-state index < -0.39 is 5.79 Å². The maximum absolute atomic E-state index is 8.86. The molecule has 0 amide bonds. The van der Waals surface area contributed by atoms with E-state index in [1.807, 2.05) is 21.0 Å². The van der Waals surface area contributed by atoms with E-state index in [9.17, 15) is 0 Å². The largest absolute Gasteiger partial charge is 0.394 e.